The number of para-hydroxylation sites is 1. The fraction of sp³-hybridized carbons (Fsp3) is 0.200. The zero-order chi connectivity index (χ0) is 17.4. The fourth-order valence-corrected chi connectivity index (χ4v) is 3.62. The van der Waals surface area contributed by atoms with E-state index in [0.717, 1.165) is 30.6 Å². The molecule has 0 aliphatic carbocycles. The quantitative estimate of drug-likeness (QED) is 0.706. The first-order valence-corrected chi connectivity index (χ1v) is 8.68. The molecular weight excluding hydrogens is 336 g/mol. The lowest BCUT2D eigenvalue weighted by Gasteiger charge is -2.30. The standard InChI is InChI=1S/C20H17ClN2O2/c21-15-7-8-18-16(12-15)19(24)9-11-22(18)13-20(25)23-10-3-5-14-4-1-2-6-17(14)23/h1-2,4,6-9,11-12H,3,5,10,13H2. The molecule has 0 saturated heterocycles. The summed E-state index contributed by atoms with van der Waals surface area (Å²) < 4.78 is 1.81. The lowest BCUT2D eigenvalue weighted by Crippen LogP contribution is -2.37. The first-order chi connectivity index (χ1) is 12.1. The highest BCUT2D eigenvalue weighted by Crippen LogP contribution is 2.27. The van der Waals surface area contributed by atoms with Gasteiger partial charge in [0.2, 0.25) is 5.91 Å². The van der Waals surface area contributed by atoms with Gasteiger partial charge in [0.25, 0.3) is 0 Å². The molecule has 0 atom stereocenters. The summed E-state index contributed by atoms with van der Waals surface area (Å²) in [6.45, 7) is 0.909. The zero-order valence-electron chi connectivity index (χ0n) is 13.6. The minimum atomic E-state index is -0.0930. The average molecular weight is 353 g/mol. The number of pyridine rings is 1. The maximum Gasteiger partial charge on any atom is 0.246 e. The van der Waals surface area contributed by atoms with Gasteiger partial charge in [0.1, 0.15) is 6.54 Å². The largest absolute Gasteiger partial charge is 0.338 e. The Kier molecular flexibility index (Phi) is 4.06. The van der Waals surface area contributed by atoms with Crippen LogP contribution in [0.25, 0.3) is 10.9 Å². The first kappa shape index (κ1) is 15.9. The Labute approximate surface area is 150 Å². The Hall–Kier alpha value is -2.59. The molecule has 0 bridgehead atoms. The van der Waals surface area contributed by atoms with E-state index in [9.17, 15) is 9.59 Å². The first-order valence-electron chi connectivity index (χ1n) is 8.30. The highest BCUT2D eigenvalue weighted by atomic mass is 35.5. The molecular formula is C20H17ClN2O2. The second-order valence-corrected chi connectivity index (χ2v) is 6.68. The zero-order valence-corrected chi connectivity index (χ0v) is 14.4. The molecule has 4 nitrogen and oxygen atoms in total. The van der Waals surface area contributed by atoms with Gasteiger partial charge in [-0.15, -0.1) is 0 Å². The second-order valence-electron chi connectivity index (χ2n) is 6.25. The third kappa shape index (κ3) is 2.94. The minimum Gasteiger partial charge on any atom is -0.338 e. The van der Waals surface area contributed by atoms with E-state index in [1.807, 2.05) is 27.7 Å². The van der Waals surface area contributed by atoms with Gasteiger partial charge in [-0.05, 0) is 42.7 Å². The van der Waals surface area contributed by atoms with Gasteiger partial charge in [0.05, 0.1) is 5.52 Å². The Balaban J connectivity index is 1.70. The number of carbonyl (C=O) groups is 1. The Morgan fingerprint density at radius 2 is 1.96 bits per heavy atom. The van der Waals surface area contributed by atoms with Crippen LogP contribution in [-0.2, 0) is 17.8 Å². The maximum absolute atomic E-state index is 12.9. The lowest BCUT2D eigenvalue weighted by molar-refractivity contribution is -0.119. The Morgan fingerprint density at radius 3 is 2.84 bits per heavy atom. The van der Waals surface area contributed by atoms with E-state index >= 15 is 0 Å². The molecule has 4 rings (SSSR count). The molecule has 0 N–H and O–H groups in total. The number of fused-ring (bicyclic) bond motifs is 2. The van der Waals surface area contributed by atoms with Crippen LogP contribution in [0.2, 0.25) is 5.02 Å². The summed E-state index contributed by atoms with van der Waals surface area (Å²) in [6.07, 6.45) is 3.63. The molecule has 1 aliphatic rings. The number of anilines is 1. The van der Waals surface area contributed by atoms with Gasteiger partial charge in [-0.25, -0.2) is 0 Å². The summed E-state index contributed by atoms with van der Waals surface area (Å²) in [7, 11) is 0. The van der Waals surface area contributed by atoms with Crippen LogP contribution in [0.5, 0.6) is 0 Å². The smallest absolute Gasteiger partial charge is 0.246 e. The van der Waals surface area contributed by atoms with Gasteiger partial charge in [0, 0.05) is 34.9 Å². The molecule has 126 valence electrons. The van der Waals surface area contributed by atoms with E-state index in [-0.39, 0.29) is 17.9 Å². The van der Waals surface area contributed by atoms with Crippen molar-refractivity contribution in [1.29, 1.82) is 0 Å². The summed E-state index contributed by atoms with van der Waals surface area (Å²) >= 11 is 6.00. The van der Waals surface area contributed by atoms with Crippen molar-refractivity contribution in [1.82, 2.24) is 4.57 Å². The summed E-state index contributed by atoms with van der Waals surface area (Å²) in [4.78, 5) is 26.8. The molecule has 2 aromatic carbocycles. The minimum absolute atomic E-state index is 0.0204. The third-order valence-corrected chi connectivity index (χ3v) is 4.89. The molecule has 1 amide bonds. The summed E-state index contributed by atoms with van der Waals surface area (Å²) in [5, 5.41) is 1.04. The predicted octanol–water partition coefficient (Wildman–Crippen LogP) is 3.63. The van der Waals surface area contributed by atoms with E-state index < -0.39 is 0 Å². The van der Waals surface area contributed by atoms with Crippen LogP contribution in [0.1, 0.15) is 12.0 Å². The molecule has 5 heteroatoms. The van der Waals surface area contributed by atoms with Gasteiger partial charge in [0.15, 0.2) is 5.43 Å². The van der Waals surface area contributed by atoms with Crippen LogP contribution in [0.3, 0.4) is 0 Å². The molecule has 0 spiro atoms. The van der Waals surface area contributed by atoms with Crippen molar-refractivity contribution in [3.8, 4) is 0 Å². The molecule has 0 fully saturated rings. The highest BCUT2D eigenvalue weighted by Gasteiger charge is 2.22. The molecule has 25 heavy (non-hydrogen) atoms. The number of aromatic nitrogens is 1. The fourth-order valence-electron chi connectivity index (χ4n) is 3.45. The number of amides is 1. The van der Waals surface area contributed by atoms with Crippen molar-refractivity contribution < 1.29 is 4.79 Å². The molecule has 1 aliphatic heterocycles. The second kappa shape index (κ2) is 6.37. The number of hydrogen-bond acceptors (Lipinski definition) is 2. The normalized spacial score (nSPS) is 13.7. The van der Waals surface area contributed by atoms with Crippen LogP contribution < -0.4 is 10.3 Å². The van der Waals surface area contributed by atoms with Gasteiger partial charge in [-0.1, -0.05) is 29.8 Å². The van der Waals surface area contributed by atoms with Crippen molar-refractivity contribution in [2.24, 2.45) is 0 Å². The van der Waals surface area contributed by atoms with Gasteiger partial charge in [-0.3, -0.25) is 9.59 Å². The maximum atomic E-state index is 12.9. The third-order valence-electron chi connectivity index (χ3n) is 4.66. The summed E-state index contributed by atoms with van der Waals surface area (Å²) in [5.41, 5.74) is 2.82. The predicted molar refractivity (Wildman–Crippen MR) is 100 cm³/mol. The number of hydrogen-bond donors (Lipinski definition) is 0. The lowest BCUT2D eigenvalue weighted by atomic mass is 10.0. The van der Waals surface area contributed by atoms with Gasteiger partial charge >= 0.3 is 0 Å². The molecule has 3 aromatic rings. The summed E-state index contributed by atoms with van der Waals surface area (Å²) in [5.74, 6) is 0.0204. The average Bonchev–Trinajstić information content (AvgIpc) is 2.63. The molecule has 2 heterocycles. The topological polar surface area (TPSA) is 42.3 Å². The number of rotatable bonds is 2. The van der Waals surface area contributed by atoms with Gasteiger partial charge < -0.3 is 9.47 Å². The van der Waals surface area contributed by atoms with E-state index in [1.165, 1.54) is 11.6 Å². The van der Waals surface area contributed by atoms with E-state index in [2.05, 4.69) is 6.07 Å². The monoisotopic (exact) mass is 352 g/mol. The highest BCUT2D eigenvalue weighted by molar-refractivity contribution is 6.31. The van der Waals surface area contributed by atoms with E-state index in [1.54, 1.807) is 24.4 Å². The van der Waals surface area contributed by atoms with Crippen molar-refractivity contribution in [3.05, 3.63) is 75.5 Å². The van der Waals surface area contributed by atoms with E-state index in [4.69, 9.17) is 11.6 Å². The Morgan fingerprint density at radius 1 is 1.12 bits per heavy atom. The molecule has 0 unspecified atom stereocenters. The van der Waals surface area contributed by atoms with Crippen molar-refractivity contribution in [2.75, 3.05) is 11.4 Å². The van der Waals surface area contributed by atoms with Crippen LogP contribution >= 0.6 is 11.6 Å². The van der Waals surface area contributed by atoms with Crippen LogP contribution in [0, 0.1) is 0 Å². The van der Waals surface area contributed by atoms with Crippen LogP contribution in [-0.4, -0.2) is 17.0 Å². The summed E-state index contributed by atoms with van der Waals surface area (Å²) in [6, 6.07) is 14.7. The number of halogens is 1. The molecule has 0 radical (unpaired) electrons. The van der Waals surface area contributed by atoms with Crippen molar-refractivity contribution in [3.63, 3.8) is 0 Å². The van der Waals surface area contributed by atoms with E-state index in [0.29, 0.717) is 10.4 Å². The van der Waals surface area contributed by atoms with Crippen molar-refractivity contribution >= 4 is 34.1 Å². The molecule has 0 saturated carbocycles. The molecule has 1 aromatic heterocycles. The number of aryl methyl sites for hydroxylation is 1. The number of carbonyl (C=O) groups excluding carboxylic acids is 1. The number of nitrogens with zero attached hydrogens (tertiary/aromatic N) is 2. The van der Waals surface area contributed by atoms with Crippen LogP contribution in [0.15, 0.2) is 59.5 Å². The van der Waals surface area contributed by atoms with Gasteiger partial charge in [-0.2, -0.15) is 0 Å². The van der Waals surface area contributed by atoms with Crippen molar-refractivity contribution in [2.45, 2.75) is 19.4 Å². The Bertz CT molecular complexity index is 1030. The SMILES string of the molecule is O=C(Cn1ccc(=O)c2cc(Cl)ccc21)N1CCCc2ccccc21. The number of benzene rings is 2. The van der Waals surface area contributed by atoms with Crippen LogP contribution in [0.4, 0.5) is 5.69 Å².